The number of anilines is 2. The van der Waals surface area contributed by atoms with Gasteiger partial charge in [-0.2, -0.15) is 0 Å². The minimum absolute atomic E-state index is 0.555. The van der Waals surface area contributed by atoms with Crippen LogP contribution in [0.25, 0.3) is 0 Å². The van der Waals surface area contributed by atoms with Crippen molar-refractivity contribution in [2.24, 2.45) is 0 Å². The number of nitrogens with one attached hydrogen (secondary N) is 2. The van der Waals surface area contributed by atoms with Gasteiger partial charge >= 0.3 is 0 Å². The molecule has 0 unspecified atom stereocenters. The van der Waals surface area contributed by atoms with Gasteiger partial charge in [-0.1, -0.05) is 23.8 Å². The highest BCUT2D eigenvalue weighted by atomic mass is 32.1. The number of benzene rings is 2. The number of methoxy groups -OCH3 is 1. The van der Waals surface area contributed by atoms with Gasteiger partial charge in [-0.05, 0) is 68.7 Å². The van der Waals surface area contributed by atoms with Crippen LogP contribution in [0.1, 0.15) is 22.3 Å². The fraction of sp³-hybridized carbons (Fsp3) is 0.278. The fourth-order valence-electron chi connectivity index (χ4n) is 2.56. The third-order valence-corrected chi connectivity index (χ3v) is 3.72. The number of hydrogen-bond donors (Lipinski definition) is 2. The minimum Gasteiger partial charge on any atom is -0.495 e. The molecule has 0 aliphatic carbocycles. The molecule has 0 spiro atoms. The zero-order valence-corrected chi connectivity index (χ0v) is 14.5. The summed E-state index contributed by atoms with van der Waals surface area (Å²) in [7, 11) is 1.65. The van der Waals surface area contributed by atoms with Crippen LogP contribution in [-0.2, 0) is 0 Å². The zero-order valence-electron chi connectivity index (χ0n) is 13.7. The maximum absolute atomic E-state index is 5.44. The molecule has 0 fully saturated rings. The van der Waals surface area contributed by atoms with E-state index in [2.05, 4.69) is 43.5 Å². The third kappa shape index (κ3) is 3.77. The molecular weight excluding hydrogens is 292 g/mol. The van der Waals surface area contributed by atoms with Gasteiger partial charge in [-0.15, -0.1) is 0 Å². The summed E-state index contributed by atoms with van der Waals surface area (Å²) >= 11 is 5.44. The summed E-state index contributed by atoms with van der Waals surface area (Å²) in [5.74, 6) is 0.770. The predicted molar refractivity (Wildman–Crippen MR) is 98.2 cm³/mol. The van der Waals surface area contributed by atoms with Crippen LogP contribution < -0.4 is 15.4 Å². The Labute approximate surface area is 137 Å². The monoisotopic (exact) mass is 314 g/mol. The van der Waals surface area contributed by atoms with Crippen LogP contribution >= 0.6 is 12.2 Å². The van der Waals surface area contributed by atoms with E-state index >= 15 is 0 Å². The normalized spacial score (nSPS) is 10.2. The lowest BCUT2D eigenvalue weighted by atomic mass is 10.1. The van der Waals surface area contributed by atoms with Gasteiger partial charge in [0.05, 0.1) is 12.8 Å². The summed E-state index contributed by atoms with van der Waals surface area (Å²) in [5.41, 5.74) is 6.67. The predicted octanol–water partition coefficient (Wildman–Crippen LogP) is 4.74. The average Bonchev–Trinajstić information content (AvgIpc) is 2.43. The summed E-state index contributed by atoms with van der Waals surface area (Å²) in [4.78, 5) is 0. The molecule has 2 aromatic carbocycles. The van der Waals surface area contributed by atoms with E-state index < -0.39 is 0 Å². The van der Waals surface area contributed by atoms with Crippen molar-refractivity contribution in [3.63, 3.8) is 0 Å². The SMILES string of the molecule is COc1ccc(C)cc1NC(=S)Nc1c(C)cc(C)cc1C. The molecule has 0 aliphatic rings. The number of ether oxygens (including phenoxy) is 1. The topological polar surface area (TPSA) is 33.3 Å². The largest absolute Gasteiger partial charge is 0.495 e. The van der Waals surface area contributed by atoms with E-state index in [1.54, 1.807) is 7.11 Å². The molecule has 0 atom stereocenters. The molecule has 0 aliphatic heterocycles. The van der Waals surface area contributed by atoms with Crippen LogP contribution in [0, 0.1) is 27.7 Å². The summed E-state index contributed by atoms with van der Waals surface area (Å²) in [6.45, 7) is 8.30. The van der Waals surface area contributed by atoms with E-state index in [0.29, 0.717) is 5.11 Å². The minimum atomic E-state index is 0.555. The Kier molecular flexibility index (Phi) is 5.03. The van der Waals surface area contributed by atoms with Gasteiger partial charge in [-0.25, -0.2) is 0 Å². The number of thiocarbonyl (C=S) groups is 1. The second-order valence-corrected chi connectivity index (χ2v) is 5.96. The van der Waals surface area contributed by atoms with Gasteiger partial charge in [0, 0.05) is 5.69 Å². The highest BCUT2D eigenvalue weighted by molar-refractivity contribution is 7.80. The van der Waals surface area contributed by atoms with E-state index in [4.69, 9.17) is 17.0 Å². The molecule has 0 heterocycles. The Bertz CT molecular complexity index is 687. The summed E-state index contributed by atoms with van der Waals surface area (Å²) in [6, 6.07) is 10.2. The lowest BCUT2D eigenvalue weighted by molar-refractivity contribution is 0.417. The molecule has 2 aromatic rings. The van der Waals surface area contributed by atoms with Gasteiger partial charge in [0.1, 0.15) is 5.75 Å². The van der Waals surface area contributed by atoms with E-state index in [1.807, 2.05) is 25.1 Å². The molecule has 116 valence electrons. The molecule has 0 aromatic heterocycles. The second-order valence-electron chi connectivity index (χ2n) is 5.56. The molecular formula is C18H22N2OS. The number of rotatable bonds is 3. The highest BCUT2D eigenvalue weighted by Gasteiger charge is 2.08. The standard InChI is InChI=1S/C18H22N2OS/c1-11-6-7-16(21-5)15(10-11)19-18(22)20-17-13(3)8-12(2)9-14(17)4/h6-10H,1-5H3,(H2,19,20,22). The van der Waals surface area contributed by atoms with Crippen molar-refractivity contribution < 1.29 is 4.74 Å². The Hall–Kier alpha value is -2.07. The molecule has 0 amide bonds. The van der Waals surface area contributed by atoms with Crippen molar-refractivity contribution in [2.75, 3.05) is 17.7 Å². The van der Waals surface area contributed by atoms with E-state index in [9.17, 15) is 0 Å². The highest BCUT2D eigenvalue weighted by Crippen LogP contribution is 2.26. The molecule has 3 nitrogen and oxygen atoms in total. The Morgan fingerprint density at radius 2 is 1.55 bits per heavy atom. The summed E-state index contributed by atoms with van der Waals surface area (Å²) < 4.78 is 5.36. The molecule has 0 saturated heterocycles. The lowest BCUT2D eigenvalue weighted by Gasteiger charge is -2.17. The van der Waals surface area contributed by atoms with E-state index in [1.165, 1.54) is 16.7 Å². The summed E-state index contributed by atoms with van der Waals surface area (Å²) in [5, 5.41) is 7.06. The van der Waals surface area contributed by atoms with Crippen molar-refractivity contribution in [3.8, 4) is 5.75 Å². The van der Waals surface area contributed by atoms with Crippen LogP contribution in [0.2, 0.25) is 0 Å². The molecule has 2 N–H and O–H groups in total. The quantitative estimate of drug-likeness (QED) is 0.802. The molecule has 4 heteroatoms. The van der Waals surface area contributed by atoms with Crippen molar-refractivity contribution in [3.05, 3.63) is 52.6 Å². The van der Waals surface area contributed by atoms with Crippen LogP contribution in [0.4, 0.5) is 11.4 Å². The molecule has 0 bridgehead atoms. The van der Waals surface area contributed by atoms with Crippen LogP contribution in [-0.4, -0.2) is 12.2 Å². The maximum atomic E-state index is 5.44. The second kappa shape index (κ2) is 6.79. The van der Waals surface area contributed by atoms with Gasteiger partial charge in [0.25, 0.3) is 0 Å². The van der Waals surface area contributed by atoms with E-state index in [-0.39, 0.29) is 0 Å². The Morgan fingerprint density at radius 3 is 2.14 bits per heavy atom. The van der Waals surface area contributed by atoms with Crippen molar-refractivity contribution in [2.45, 2.75) is 27.7 Å². The Balaban J connectivity index is 2.19. The first kappa shape index (κ1) is 16.3. The van der Waals surface area contributed by atoms with Gasteiger partial charge < -0.3 is 15.4 Å². The molecule has 2 rings (SSSR count). The third-order valence-electron chi connectivity index (χ3n) is 3.52. The van der Waals surface area contributed by atoms with Gasteiger partial charge in [-0.3, -0.25) is 0 Å². The fourth-order valence-corrected chi connectivity index (χ4v) is 2.78. The van der Waals surface area contributed by atoms with Crippen LogP contribution in [0.15, 0.2) is 30.3 Å². The lowest BCUT2D eigenvalue weighted by Crippen LogP contribution is -2.20. The Morgan fingerprint density at radius 1 is 0.909 bits per heavy atom. The average molecular weight is 314 g/mol. The van der Waals surface area contributed by atoms with Crippen molar-refractivity contribution in [1.82, 2.24) is 0 Å². The molecule has 0 saturated carbocycles. The summed E-state index contributed by atoms with van der Waals surface area (Å²) in [6.07, 6.45) is 0. The van der Waals surface area contributed by atoms with Crippen LogP contribution in [0.3, 0.4) is 0 Å². The van der Waals surface area contributed by atoms with Crippen molar-refractivity contribution >= 4 is 28.7 Å². The smallest absolute Gasteiger partial charge is 0.175 e. The molecule has 22 heavy (non-hydrogen) atoms. The van der Waals surface area contributed by atoms with Gasteiger partial charge in [0.15, 0.2) is 5.11 Å². The maximum Gasteiger partial charge on any atom is 0.175 e. The van der Waals surface area contributed by atoms with Crippen LogP contribution in [0.5, 0.6) is 5.75 Å². The zero-order chi connectivity index (χ0) is 16.3. The number of aryl methyl sites for hydroxylation is 4. The van der Waals surface area contributed by atoms with Crippen molar-refractivity contribution in [1.29, 1.82) is 0 Å². The van der Waals surface area contributed by atoms with Gasteiger partial charge in [0.2, 0.25) is 0 Å². The first-order valence-corrected chi connectivity index (χ1v) is 7.62. The van der Waals surface area contributed by atoms with E-state index in [0.717, 1.165) is 22.7 Å². The first-order valence-electron chi connectivity index (χ1n) is 7.21. The first-order chi connectivity index (χ1) is 10.4. The molecule has 0 radical (unpaired) electrons. The number of hydrogen-bond acceptors (Lipinski definition) is 2.